The van der Waals surface area contributed by atoms with Gasteiger partial charge in [-0.3, -0.25) is 4.79 Å². The first-order chi connectivity index (χ1) is 7.89. The molecule has 6 heteroatoms. The SMILES string of the molecule is CC(=O)NCC=Cc1ccc(S(=O)(=O)F)cc1. The van der Waals surface area contributed by atoms with Crippen LogP contribution in [0, 0.1) is 0 Å². The third-order valence-electron chi connectivity index (χ3n) is 1.94. The molecule has 0 fully saturated rings. The standard InChI is InChI=1S/C11H12FNO3S/c1-9(14)13-8-2-3-10-4-6-11(7-5-10)17(12,15)16/h2-7H,8H2,1H3,(H,13,14). The van der Waals surface area contributed by atoms with Gasteiger partial charge in [0.25, 0.3) is 0 Å². The zero-order valence-corrected chi connectivity index (χ0v) is 10.00. The first-order valence-electron chi connectivity index (χ1n) is 4.85. The zero-order chi connectivity index (χ0) is 12.9. The summed E-state index contributed by atoms with van der Waals surface area (Å²) in [4.78, 5) is 10.2. The summed E-state index contributed by atoms with van der Waals surface area (Å²) in [5.41, 5.74) is 0.725. The fraction of sp³-hybridized carbons (Fsp3) is 0.182. The molecule has 1 aromatic rings. The molecule has 1 aromatic carbocycles. The molecule has 0 saturated carbocycles. The fourth-order valence-electron chi connectivity index (χ4n) is 1.14. The van der Waals surface area contributed by atoms with Crippen molar-refractivity contribution in [3.05, 3.63) is 35.9 Å². The van der Waals surface area contributed by atoms with E-state index in [1.165, 1.54) is 31.2 Å². The van der Waals surface area contributed by atoms with E-state index in [4.69, 9.17) is 0 Å². The number of benzene rings is 1. The molecule has 0 heterocycles. The fourth-order valence-corrected chi connectivity index (χ4v) is 1.60. The minimum atomic E-state index is -4.64. The number of halogens is 1. The van der Waals surface area contributed by atoms with E-state index in [1.54, 1.807) is 12.2 Å². The van der Waals surface area contributed by atoms with Crippen molar-refractivity contribution in [2.24, 2.45) is 0 Å². The molecule has 0 unspecified atom stereocenters. The monoisotopic (exact) mass is 257 g/mol. The van der Waals surface area contributed by atoms with E-state index in [0.29, 0.717) is 6.54 Å². The molecule has 1 N–H and O–H groups in total. The summed E-state index contributed by atoms with van der Waals surface area (Å²) >= 11 is 0. The summed E-state index contributed by atoms with van der Waals surface area (Å²) in [5, 5.41) is 2.57. The lowest BCUT2D eigenvalue weighted by Crippen LogP contribution is -2.19. The van der Waals surface area contributed by atoms with Crippen molar-refractivity contribution in [3.8, 4) is 0 Å². The maximum absolute atomic E-state index is 12.6. The van der Waals surface area contributed by atoms with E-state index in [2.05, 4.69) is 5.32 Å². The van der Waals surface area contributed by atoms with Crippen LogP contribution in [0.1, 0.15) is 12.5 Å². The molecule has 0 spiro atoms. The van der Waals surface area contributed by atoms with Gasteiger partial charge in [0.1, 0.15) is 0 Å². The van der Waals surface area contributed by atoms with Gasteiger partial charge in [0.05, 0.1) is 4.90 Å². The summed E-state index contributed by atoms with van der Waals surface area (Å²) in [6, 6.07) is 5.34. The second kappa shape index (κ2) is 5.58. The number of carbonyl (C=O) groups is 1. The number of carbonyl (C=O) groups excluding carboxylic acids is 1. The summed E-state index contributed by atoms with van der Waals surface area (Å²) < 4.78 is 33.6. The Morgan fingerprint density at radius 3 is 2.41 bits per heavy atom. The number of amides is 1. The molecule has 17 heavy (non-hydrogen) atoms. The number of hydrogen-bond acceptors (Lipinski definition) is 3. The van der Waals surface area contributed by atoms with Gasteiger partial charge < -0.3 is 5.32 Å². The summed E-state index contributed by atoms with van der Waals surface area (Å²) in [6.45, 7) is 1.80. The maximum atomic E-state index is 12.6. The highest BCUT2D eigenvalue weighted by atomic mass is 32.3. The Morgan fingerprint density at radius 1 is 1.35 bits per heavy atom. The largest absolute Gasteiger partial charge is 0.353 e. The Hall–Kier alpha value is -1.69. The Kier molecular flexibility index (Phi) is 4.39. The van der Waals surface area contributed by atoms with Crippen molar-refractivity contribution in [2.45, 2.75) is 11.8 Å². The minimum absolute atomic E-state index is 0.131. The van der Waals surface area contributed by atoms with E-state index in [9.17, 15) is 17.1 Å². The highest BCUT2D eigenvalue weighted by Crippen LogP contribution is 2.13. The van der Waals surface area contributed by atoms with Crippen LogP contribution >= 0.6 is 0 Å². The summed E-state index contributed by atoms with van der Waals surface area (Å²) in [7, 11) is -4.64. The van der Waals surface area contributed by atoms with Gasteiger partial charge in [0, 0.05) is 13.5 Å². The predicted octanol–water partition coefficient (Wildman–Crippen LogP) is 1.49. The lowest BCUT2D eigenvalue weighted by Gasteiger charge is -1.97. The first-order valence-corrected chi connectivity index (χ1v) is 6.23. The van der Waals surface area contributed by atoms with Gasteiger partial charge in [-0.25, -0.2) is 0 Å². The van der Waals surface area contributed by atoms with Crippen molar-refractivity contribution in [1.82, 2.24) is 5.32 Å². The molecule has 0 aliphatic heterocycles. The molecule has 92 valence electrons. The maximum Gasteiger partial charge on any atom is 0.332 e. The van der Waals surface area contributed by atoms with Gasteiger partial charge in [-0.15, -0.1) is 3.89 Å². The van der Waals surface area contributed by atoms with Crippen LogP contribution < -0.4 is 5.32 Å². The molecule has 0 atom stereocenters. The number of nitrogens with one attached hydrogen (secondary N) is 1. The van der Waals surface area contributed by atoms with E-state index < -0.39 is 10.2 Å². The van der Waals surface area contributed by atoms with Crippen molar-refractivity contribution in [2.75, 3.05) is 6.54 Å². The molecule has 0 aliphatic carbocycles. The van der Waals surface area contributed by atoms with Crippen molar-refractivity contribution < 1.29 is 17.1 Å². The van der Waals surface area contributed by atoms with Crippen LogP contribution in [0.2, 0.25) is 0 Å². The van der Waals surface area contributed by atoms with Crippen molar-refractivity contribution >= 4 is 22.2 Å². The highest BCUT2D eigenvalue weighted by Gasteiger charge is 2.09. The van der Waals surface area contributed by atoms with Crippen LogP contribution in [-0.4, -0.2) is 20.9 Å². The molecule has 0 bridgehead atoms. The molecule has 0 aromatic heterocycles. The quantitative estimate of drug-likeness (QED) is 0.831. The van der Waals surface area contributed by atoms with Gasteiger partial charge in [-0.2, -0.15) is 8.42 Å². The Morgan fingerprint density at radius 2 is 1.94 bits per heavy atom. The minimum Gasteiger partial charge on any atom is -0.353 e. The smallest absolute Gasteiger partial charge is 0.332 e. The second-order valence-electron chi connectivity index (χ2n) is 3.35. The average Bonchev–Trinajstić information content (AvgIpc) is 2.23. The van der Waals surface area contributed by atoms with Gasteiger partial charge in [0.2, 0.25) is 5.91 Å². The number of hydrogen-bond donors (Lipinski definition) is 1. The van der Waals surface area contributed by atoms with E-state index in [1.807, 2.05) is 0 Å². The average molecular weight is 257 g/mol. The van der Waals surface area contributed by atoms with Gasteiger partial charge in [-0.05, 0) is 17.7 Å². The van der Waals surface area contributed by atoms with Gasteiger partial charge in [-0.1, -0.05) is 24.3 Å². The van der Waals surface area contributed by atoms with E-state index in [0.717, 1.165) is 5.56 Å². The Labute approximate surface area is 99.4 Å². The topological polar surface area (TPSA) is 63.2 Å². The van der Waals surface area contributed by atoms with Crippen LogP contribution in [0.4, 0.5) is 3.89 Å². The van der Waals surface area contributed by atoms with E-state index in [-0.39, 0.29) is 10.8 Å². The molecule has 1 amide bonds. The van der Waals surface area contributed by atoms with Crippen molar-refractivity contribution in [1.29, 1.82) is 0 Å². The molecule has 0 saturated heterocycles. The zero-order valence-electron chi connectivity index (χ0n) is 9.18. The van der Waals surface area contributed by atoms with Gasteiger partial charge in [0.15, 0.2) is 0 Å². The molecule has 1 rings (SSSR count). The number of rotatable bonds is 4. The third-order valence-corrected chi connectivity index (χ3v) is 2.78. The normalized spacial score (nSPS) is 11.6. The van der Waals surface area contributed by atoms with Crippen LogP contribution in [0.25, 0.3) is 6.08 Å². The summed E-state index contributed by atoms with van der Waals surface area (Å²) in [6.07, 6.45) is 3.41. The van der Waals surface area contributed by atoms with Crippen LogP contribution in [0.15, 0.2) is 35.2 Å². The molecule has 0 radical (unpaired) electrons. The lowest BCUT2D eigenvalue weighted by atomic mass is 10.2. The molecule has 0 aliphatic rings. The van der Waals surface area contributed by atoms with E-state index >= 15 is 0 Å². The molecule has 4 nitrogen and oxygen atoms in total. The first kappa shape index (κ1) is 13.4. The molecular weight excluding hydrogens is 245 g/mol. The van der Waals surface area contributed by atoms with Gasteiger partial charge >= 0.3 is 10.2 Å². The van der Waals surface area contributed by atoms with Crippen molar-refractivity contribution in [3.63, 3.8) is 0 Å². The molecular formula is C11H12FNO3S. The van der Waals surface area contributed by atoms with Crippen LogP contribution in [0.3, 0.4) is 0 Å². The lowest BCUT2D eigenvalue weighted by molar-refractivity contribution is -0.118. The summed E-state index contributed by atoms with van der Waals surface area (Å²) in [5.74, 6) is -0.131. The van der Waals surface area contributed by atoms with Crippen LogP contribution in [-0.2, 0) is 15.0 Å². The second-order valence-corrected chi connectivity index (χ2v) is 4.69. The highest BCUT2D eigenvalue weighted by molar-refractivity contribution is 7.86. The van der Waals surface area contributed by atoms with Crippen LogP contribution in [0.5, 0.6) is 0 Å². The third kappa shape index (κ3) is 4.78. The Balaban J connectivity index is 2.66. The predicted molar refractivity (Wildman–Crippen MR) is 62.5 cm³/mol. The Bertz CT molecular complexity index is 520.